The predicted molar refractivity (Wildman–Crippen MR) is 80.8 cm³/mol. The molecule has 3 N–H and O–H groups in total. The molecule has 0 atom stereocenters. The zero-order valence-electron chi connectivity index (χ0n) is 11.7. The minimum atomic E-state index is -0.254. The zero-order chi connectivity index (χ0) is 14.5. The van der Waals surface area contributed by atoms with Crippen LogP contribution >= 0.6 is 11.6 Å². The molecule has 2 rings (SSSR count). The molecule has 6 heteroatoms. The Labute approximate surface area is 124 Å². The SMILES string of the molecule is CN1CCC(CCNC(=O)c2nc(N)ccc2Cl)CC1. The molecule has 2 heterocycles. The lowest BCUT2D eigenvalue weighted by molar-refractivity contribution is 0.0944. The minimum absolute atomic E-state index is 0.204. The summed E-state index contributed by atoms with van der Waals surface area (Å²) in [5.41, 5.74) is 5.77. The normalized spacial score (nSPS) is 17.1. The first-order chi connectivity index (χ1) is 9.56. The molecule has 1 fully saturated rings. The summed E-state index contributed by atoms with van der Waals surface area (Å²) in [5.74, 6) is 0.737. The first-order valence-corrected chi connectivity index (χ1v) is 7.33. The van der Waals surface area contributed by atoms with Crippen molar-refractivity contribution in [3.8, 4) is 0 Å². The first kappa shape index (κ1) is 15.1. The van der Waals surface area contributed by atoms with E-state index in [0.717, 1.165) is 19.5 Å². The summed E-state index contributed by atoms with van der Waals surface area (Å²) in [7, 11) is 2.14. The maximum Gasteiger partial charge on any atom is 0.271 e. The van der Waals surface area contributed by atoms with Gasteiger partial charge >= 0.3 is 0 Å². The van der Waals surface area contributed by atoms with E-state index in [1.165, 1.54) is 12.8 Å². The Bertz CT molecular complexity index is 472. The highest BCUT2D eigenvalue weighted by molar-refractivity contribution is 6.33. The van der Waals surface area contributed by atoms with Crippen molar-refractivity contribution in [3.05, 3.63) is 22.8 Å². The summed E-state index contributed by atoms with van der Waals surface area (Å²) < 4.78 is 0. The molecule has 0 unspecified atom stereocenters. The van der Waals surface area contributed by atoms with Crippen LogP contribution < -0.4 is 11.1 Å². The van der Waals surface area contributed by atoms with Gasteiger partial charge in [-0.1, -0.05) is 11.6 Å². The summed E-state index contributed by atoms with van der Waals surface area (Å²) in [6, 6.07) is 3.17. The third kappa shape index (κ3) is 4.08. The van der Waals surface area contributed by atoms with E-state index in [4.69, 9.17) is 17.3 Å². The highest BCUT2D eigenvalue weighted by Crippen LogP contribution is 2.19. The van der Waals surface area contributed by atoms with Crippen molar-refractivity contribution in [1.29, 1.82) is 0 Å². The van der Waals surface area contributed by atoms with Crippen molar-refractivity contribution in [1.82, 2.24) is 15.2 Å². The summed E-state index contributed by atoms with van der Waals surface area (Å²) in [6.07, 6.45) is 3.40. The van der Waals surface area contributed by atoms with Gasteiger partial charge in [-0.25, -0.2) is 4.98 Å². The number of nitrogens with two attached hydrogens (primary N) is 1. The lowest BCUT2D eigenvalue weighted by Gasteiger charge is -2.28. The van der Waals surface area contributed by atoms with E-state index >= 15 is 0 Å². The summed E-state index contributed by atoms with van der Waals surface area (Å²) >= 11 is 5.95. The number of piperidine rings is 1. The van der Waals surface area contributed by atoms with Crippen LogP contribution in [0.2, 0.25) is 5.02 Å². The Kier molecular flexibility index (Phi) is 5.20. The fraction of sp³-hybridized carbons (Fsp3) is 0.571. The fourth-order valence-corrected chi connectivity index (χ4v) is 2.63. The van der Waals surface area contributed by atoms with Crippen LogP contribution in [0.3, 0.4) is 0 Å². The molecule has 1 saturated heterocycles. The van der Waals surface area contributed by atoms with Gasteiger partial charge in [-0.05, 0) is 57.5 Å². The average molecular weight is 297 g/mol. The molecule has 110 valence electrons. The Morgan fingerprint density at radius 3 is 2.90 bits per heavy atom. The Morgan fingerprint density at radius 1 is 1.50 bits per heavy atom. The molecule has 0 radical (unpaired) electrons. The lowest BCUT2D eigenvalue weighted by atomic mass is 9.94. The van der Waals surface area contributed by atoms with Crippen LogP contribution in [0.4, 0.5) is 5.82 Å². The van der Waals surface area contributed by atoms with Crippen LogP contribution in [0.25, 0.3) is 0 Å². The molecule has 1 aromatic rings. The summed E-state index contributed by atoms with van der Waals surface area (Å²) in [6.45, 7) is 2.93. The lowest BCUT2D eigenvalue weighted by Crippen LogP contribution is -2.33. The van der Waals surface area contributed by atoms with Crippen LogP contribution in [0.5, 0.6) is 0 Å². The van der Waals surface area contributed by atoms with Gasteiger partial charge < -0.3 is 16.0 Å². The molecule has 1 aliphatic rings. The van der Waals surface area contributed by atoms with Crippen LogP contribution in [0.1, 0.15) is 29.8 Å². The number of halogens is 1. The van der Waals surface area contributed by atoms with E-state index in [-0.39, 0.29) is 11.6 Å². The van der Waals surface area contributed by atoms with Gasteiger partial charge in [0, 0.05) is 6.54 Å². The second kappa shape index (κ2) is 6.90. The van der Waals surface area contributed by atoms with Crippen LogP contribution in [-0.2, 0) is 0 Å². The molecule has 1 aliphatic heterocycles. The molecular weight excluding hydrogens is 276 g/mol. The van der Waals surface area contributed by atoms with Gasteiger partial charge in [0.05, 0.1) is 5.02 Å². The average Bonchev–Trinajstić information content (AvgIpc) is 2.43. The van der Waals surface area contributed by atoms with Gasteiger partial charge in [0.2, 0.25) is 0 Å². The third-order valence-electron chi connectivity index (χ3n) is 3.76. The van der Waals surface area contributed by atoms with Crippen molar-refractivity contribution >= 4 is 23.3 Å². The smallest absolute Gasteiger partial charge is 0.271 e. The van der Waals surface area contributed by atoms with E-state index in [1.807, 2.05) is 0 Å². The number of likely N-dealkylation sites (tertiary alicyclic amines) is 1. The van der Waals surface area contributed by atoms with E-state index in [2.05, 4.69) is 22.2 Å². The Balaban J connectivity index is 1.79. The zero-order valence-corrected chi connectivity index (χ0v) is 12.5. The first-order valence-electron chi connectivity index (χ1n) is 6.95. The summed E-state index contributed by atoms with van der Waals surface area (Å²) in [4.78, 5) is 18.3. The topological polar surface area (TPSA) is 71.2 Å². The van der Waals surface area contributed by atoms with Gasteiger partial charge in [0.15, 0.2) is 0 Å². The van der Waals surface area contributed by atoms with Gasteiger partial charge in [-0.15, -0.1) is 0 Å². The van der Waals surface area contributed by atoms with Crippen LogP contribution in [0.15, 0.2) is 12.1 Å². The van der Waals surface area contributed by atoms with E-state index < -0.39 is 0 Å². The molecule has 0 saturated carbocycles. The van der Waals surface area contributed by atoms with E-state index in [9.17, 15) is 4.79 Å². The van der Waals surface area contributed by atoms with Crippen molar-refractivity contribution in [2.24, 2.45) is 5.92 Å². The molecule has 1 amide bonds. The second-order valence-electron chi connectivity index (χ2n) is 5.36. The molecule has 5 nitrogen and oxygen atoms in total. The van der Waals surface area contributed by atoms with Crippen LogP contribution in [-0.4, -0.2) is 42.5 Å². The number of nitrogen functional groups attached to an aromatic ring is 1. The number of anilines is 1. The predicted octanol–water partition coefficient (Wildman–Crippen LogP) is 1.78. The number of nitrogens with one attached hydrogen (secondary N) is 1. The molecule has 0 aliphatic carbocycles. The molecular formula is C14H21ClN4O. The third-order valence-corrected chi connectivity index (χ3v) is 4.06. The molecule has 0 bridgehead atoms. The van der Waals surface area contributed by atoms with Gasteiger partial charge in [-0.3, -0.25) is 4.79 Å². The monoisotopic (exact) mass is 296 g/mol. The number of hydrogen-bond donors (Lipinski definition) is 2. The molecule has 0 aromatic carbocycles. The number of carbonyl (C=O) groups excluding carboxylic acids is 1. The van der Waals surface area contributed by atoms with Crippen molar-refractivity contribution in [2.75, 3.05) is 32.4 Å². The number of nitrogens with zero attached hydrogens (tertiary/aromatic N) is 2. The fourth-order valence-electron chi connectivity index (χ4n) is 2.44. The molecule has 0 spiro atoms. The highest BCUT2D eigenvalue weighted by atomic mass is 35.5. The molecule has 1 aromatic heterocycles. The number of pyridine rings is 1. The number of rotatable bonds is 4. The van der Waals surface area contributed by atoms with Gasteiger partial charge in [0.1, 0.15) is 11.5 Å². The van der Waals surface area contributed by atoms with Gasteiger partial charge in [0.25, 0.3) is 5.91 Å². The van der Waals surface area contributed by atoms with E-state index in [0.29, 0.717) is 23.3 Å². The van der Waals surface area contributed by atoms with E-state index in [1.54, 1.807) is 12.1 Å². The standard InChI is InChI=1S/C14H21ClN4O/c1-19-8-5-10(6-9-19)4-7-17-14(20)13-11(15)2-3-12(16)18-13/h2-3,10H,4-9H2,1H3,(H2,16,18)(H,17,20). The number of hydrogen-bond acceptors (Lipinski definition) is 4. The summed E-state index contributed by atoms with van der Waals surface area (Å²) in [5, 5.41) is 3.20. The number of carbonyl (C=O) groups is 1. The second-order valence-corrected chi connectivity index (χ2v) is 5.76. The van der Waals surface area contributed by atoms with Crippen LogP contribution in [0, 0.1) is 5.92 Å². The maximum absolute atomic E-state index is 12.0. The Morgan fingerprint density at radius 2 is 2.20 bits per heavy atom. The van der Waals surface area contributed by atoms with Gasteiger partial charge in [-0.2, -0.15) is 0 Å². The highest BCUT2D eigenvalue weighted by Gasteiger charge is 2.17. The largest absolute Gasteiger partial charge is 0.384 e. The van der Waals surface area contributed by atoms with Crippen molar-refractivity contribution in [3.63, 3.8) is 0 Å². The van der Waals surface area contributed by atoms with Crippen molar-refractivity contribution < 1.29 is 4.79 Å². The quantitative estimate of drug-likeness (QED) is 0.888. The Hall–Kier alpha value is -1.33. The minimum Gasteiger partial charge on any atom is -0.384 e. The van der Waals surface area contributed by atoms with Crippen molar-refractivity contribution in [2.45, 2.75) is 19.3 Å². The maximum atomic E-state index is 12.0. The molecule has 20 heavy (non-hydrogen) atoms. The number of aromatic nitrogens is 1. The number of amides is 1.